The van der Waals surface area contributed by atoms with Gasteiger partial charge in [-0.15, -0.1) is 0 Å². The Morgan fingerprint density at radius 2 is 1.68 bits per heavy atom. The van der Waals surface area contributed by atoms with Crippen molar-refractivity contribution in [2.24, 2.45) is 0 Å². The molecule has 0 heterocycles. The summed E-state index contributed by atoms with van der Waals surface area (Å²) >= 11 is 0. The molecule has 0 bridgehead atoms. The largest absolute Gasteiger partial charge is 0.444 e. The van der Waals surface area contributed by atoms with Crippen LogP contribution in [0.5, 0.6) is 0 Å². The van der Waals surface area contributed by atoms with Crippen LogP contribution in [-0.2, 0) is 14.3 Å². The number of aryl methyl sites for hydroxylation is 1. The number of nitrogens with one attached hydrogen (secondary N) is 2. The second kappa shape index (κ2) is 12.2. The zero-order valence-electron chi connectivity index (χ0n) is 22.8. The molecule has 34 heavy (non-hydrogen) atoms. The zero-order valence-corrected chi connectivity index (χ0v) is 22.8. The van der Waals surface area contributed by atoms with Crippen LogP contribution < -0.4 is 10.6 Å². The van der Waals surface area contributed by atoms with E-state index in [4.69, 9.17) is 4.74 Å². The maximum atomic E-state index is 13.7. The molecule has 0 saturated heterocycles. The van der Waals surface area contributed by atoms with Crippen LogP contribution in [0.25, 0.3) is 0 Å². The van der Waals surface area contributed by atoms with Gasteiger partial charge in [0.05, 0.1) is 0 Å². The van der Waals surface area contributed by atoms with E-state index in [9.17, 15) is 14.4 Å². The molecule has 0 radical (unpaired) electrons. The van der Waals surface area contributed by atoms with Gasteiger partial charge >= 0.3 is 6.09 Å². The molecule has 7 nitrogen and oxygen atoms in total. The van der Waals surface area contributed by atoms with Crippen LogP contribution in [0.1, 0.15) is 97.4 Å². The Kier molecular flexibility index (Phi) is 10.6. The lowest BCUT2D eigenvalue weighted by atomic mass is 9.90. The summed E-state index contributed by atoms with van der Waals surface area (Å²) in [6, 6.07) is 4.96. The van der Waals surface area contributed by atoms with Gasteiger partial charge in [-0.1, -0.05) is 38.5 Å². The SMILES string of the molecule is CCCC(C)NC(=O)C(c1cccc(C)c1C)N(C(=O)CNC(=O)OC(C)(C)C)C(C)(C)CC. The van der Waals surface area contributed by atoms with Crippen LogP contribution in [0.2, 0.25) is 0 Å². The van der Waals surface area contributed by atoms with Crippen LogP contribution in [-0.4, -0.2) is 46.5 Å². The van der Waals surface area contributed by atoms with E-state index in [0.717, 1.165) is 29.5 Å². The predicted molar refractivity (Wildman–Crippen MR) is 137 cm³/mol. The molecule has 1 aromatic rings. The predicted octanol–water partition coefficient (Wildman–Crippen LogP) is 5.19. The van der Waals surface area contributed by atoms with Gasteiger partial charge in [0.15, 0.2) is 0 Å². The van der Waals surface area contributed by atoms with E-state index in [0.29, 0.717) is 6.42 Å². The molecule has 0 fully saturated rings. The summed E-state index contributed by atoms with van der Waals surface area (Å²) < 4.78 is 5.29. The van der Waals surface area contributed by atoms with E-state index < -0.39 is 23.3 Å². The molecule has 1 aromatic carbocycles. The van der Waals surface area contributed by atoms with Gasteiger partial charge in [0.25, 0.3) is 0 Å². The average molecular weight is 476 g/mol. The molecule has 2 atom stereocenters. The number of benzene rings is 1. The van der Waals surface area contributed by atoms with E-state index in [2.05, 4.69) is 17.6 Å². The zero-order chi connectivity index (χ0) is 26.3. The number of nitrogens with zero attached hydrogens (tertiary/aromatic N) is 1. The first-order valence-corrected chi connectivity index (χ1v) is 12.3. The van der Waals surface area contributed by atoms with Crippen molar-refractivity contribution in [3.63, 3.8) is 0 Å². The van der Waals surface area contributed by atoms with Crippen molar-refractivity contribution in [2.45, 2.75) is 112 Å². The van der Waals surface area contributed by atoms with E-state index in [1.54, 1.807) is 25.7 Å². The highest BCUT2D eigenvalue weighted by atomic mass is 16.6. The van der Waals surface area contributed by atoms with E-state index in [1.807, 2.05) is 59.7 Å². The number of hydrogen-bond acceptors (Lipinski definition) is 4. The molecule has 0 aliphatic rings. The third-order valence-corrected chi connectivity index (χ3v) is 6.13. The van der Waals surface area contributed by atoms with Crippen molar-refractivity contribution in [1.82, 2.24) is 15.5 Å². The highest BCUT2D eigenvalue weighted by Gasteiger charge is 2.41. The monoisotopic (exact) mass is 475 g/mol. The van der Waals surface area contributed by atoms with Gasteiger partial charge < -0.3 is 20.3 Å². The number of rotatable bonds is 10. The van der Waals surface area contributed by atoms with E-state index in [-0.39, 0.29) is 24.4 Å². The number of carbonyl (C=O) groups is 3. The van der Waals surface area contributed by atoms with Gasteiger partial charge in [-0.25, -0.2) is 4.79 Å². The van der Waals surface area contributed by atoms with Crippen LogP contribution in [0.4, 0.5) is 4.79 Å². The first-order valence-electron chi connectivity index (χ1n) is 12.3. The normalized spacial score (nSPS) is 13.6. The molecule has 0 saturated carbocycles. The fourth-order valence-corrected chi connectivity index (χ4v) is 3.84. The summed E-state index contributed by atoms with van der Waals surface area (Å²) in [5.74, 6) is -0.566. The summed E-state index contributed by atoms with van der Waals surface area (Å²) in [5, 5.41) is 5.67. The Balaban J connectivity index is 3.45. The highest BCUT2D eigenvalue weighted by Crippen LogP contribution is 2.33. The molecule has 0 spiro atoms. The number of alkyl carbamates (subject to hydrolysis) is 1. The fraction of sp³-hybridized carbons (Fsp3) is 0.667. The molecule has 0 aromatic heterocycles. The minimum atomic E-state index is -0.831. The number of carbonyl (C=O) groups excluding carboxylic acids is 3. The molecule has 192 valence electrons. The number of hydrogen-bond donors (Lipinski definition) is 2. The maximum Gasteiger partial charge on any atom is 0.408 e. The minimum Gasteiger partial charge on any atom is -0.444 e. The number of ether oxygens (including phenoxy) is 1. The lowest BCUT2D eigenvalue weighted by Gasteiger charge is -2.44. The van der Waals surface area contributed by atoms with Crippen LogP contribution in [0.15, 0.2) is 18.2 Å². The van der Waals surface area contributed by atoms with Gasteiger partial charge in [0, 0.05) is 11.6 Å². The van der Waals surface area contributed by atoms with Crippen molar-refractivity contribution < 1.29 is 19.1 Å². The smallest absolute Gasteiger partial charge is 0.408 e. The second-order valence-electron chi connectivity index (χ2n) is 10.7. The van der Waals surface area contributed by atoms with Gasteiger partial charge in [-0.3, -0.25) is 9.59 Å². The maximum absolute atomic E-state index is 13.7. The quantitative estimate of drug-likeness (QED) is 0.487. The lowest BCUT2D eigenvalue weighted by molar-refractivity contribution is -0.147. The summed E-state index contributed by atoms with van der Waals surface area (Å²) in [7, 11) is 0. The van der Waals surface area contributed by atoms with Crippen LogP contribution in [0.3, 0.4) is 0 Å². The summed E-state index contributed by atoms with van der Waals surface area (Å²) in [6.45, 7) is 18.9. The third kappa shape index (κ3) is 8.33. The summed E-state index contributed by atoms with van der Waals surface area (Å²) in [4.78, 5) is 41.2. The van der Waals surface area contributed by atoms with Crippen molar-refractivity contribution in [2.75, 3.05) is 6.54 Å². The summed E-state index contributed by atoms with van der Waals surface area (Å²) in [5.41, 5.74) is 1.49. The Labute approximate surface area is 206 Å². The highest BCUT2D eigenvalue weighted by molar-refractivity contribution is 5.91. The first kappa shape index (κ1) is 29.5. The minimum absolute atomic E-state index is 0.0216. The molecular weight excluding hydrogens is 430 g/mol. The average Bonchev–Trinajstić information content (AvgIpc) is 2.71. The van der Waals surface area contributed by atoms with Gasteiger partial charge in [0.2, 0.25) is 11.8 Å². The van der Waals surface area contributed by atoms with E-state index >= 15 is 0 Å². The molecule has 0 aliphatic heterocycles. The lowest BCUT2D eigenvalue weighted by Crippen LogP contribution is -2.56. The molecule has 2 unspecified atom stereocenters. The fourth-order valence-electron chi connectivity index (χ4n) is 3.84. The Morgan fingerprint density at radius 3 is 2.21 bits per heavy atom. The number of amides is 3. The standard InChI is InChI=1S/C27H45N3O4/c1-11-14-19(4)29-24(32)23(21-16-13-15-18(3)20(21)5)30(27(9,10)12-2)22(31)17-28-25(33)34-26(6,7)8/h13,15-16,19,23H,11-12,14,17H2,1-10H3,(H,28,33)(H,29,32). The van der Waals surface area contributed by atoms with Crippen molar-refractivity contribution in [3.8, 4) is 0 Å². The molecule has 1 rings (SSSR count). The van der Waals surface area contributed by atoms with Gasteiger partial charge in [-0.2, -0.15) is 0 Å². The summed E-state index contributed by atoms with van der Waals surface area (Å²) in [6.07, 6.45) is 1.75. The molecule has 2 N–H and O–H groups in total. The first-order chi connectivity index (χ1) is 15.6. The second-order valence-corrected chi connectivity index (χ2v) is 10.7. The Hall–Kier alpha value is -2.57. The van der Waals surface area contributed by atoms with Gasteiger partial charge in [0.1, 0.15) is 18.2 Å². The molecule has 0 aliphatic carbocycles. The molecule has 3 amide bonds. The van der Waals surface area contributed by atoms with Crippen molar-refractivity contribution in [3.05, 3.63) is 34.9 Å². The van der Waals surface area contributed by atoms with Crippen LogP contribution in [0, 0.1) is 13.8 Å². The Morgan fingerprint density at radius 1 is 1.06 bits per heavy atom. The van der Waals surface area contributed by atoms with Gasteiger partial charge in [-0.05, 0) is 84.9 Å². The molecule has 7 heteroatoms. The topological polar surface area (TPSA) is 87.7 Å². The third-order valence-electron chi connectivity index (χ3n) is 6.13. The molecular formula is C27H45N3O4. The Bertz CT molecular complexity index is 858. The van der Waals surface area contributed by atoms with Crippen molar-refractivity contribution >= 4 is 17.9 Å². The van der Waals surface area contributed by atoms with Crippen LogP contribution >= 0.6 is 0 Å². The van der Waals surface area contributed by atoms with E-state index in [1.165, 1.54) is 0 Å². The van der Waals surface area contributed by atoms with Crippen molar-refractivity contribution in [1.29, 1.82) is 0 Å².